The van der Waals surface area contributed by atoms with E-state index in [2.05, 4.69) is 10.6 Å². The molecule has 1 heterocycles. The van der Waals surface area contributed by atoms with Crippen molar-refractivity contribution in [1.29, 1.82) is 0 Å². The highest BCUT2D eigenvalue weighted by Crippen LogP contribution is 2.26. The summed E-state index contributed by atoms with van der Waals surface area (Å²) in [4.78, 5) is 25.1. The molecule has 0 radical (unpaired) electrons. The van der Waals surface area contributed by atoms with Gasteiger partial charge in [-0.2, -0.15) is 4.31 Å². The smallest absolute Gasteiger partial charge is 0.243 e. The van der Waals surface area contributed by atoms with E-state index in [1.807, 2.05) is 0 Å². The van der Waals surface area contributed by atoms with Crippen LogP contribution in [0.5, 0.6) is 11.5 Å². The van der Waals surface area contributed by atoms with Gasteiger partial charge >= 0.3 is 0 Å². The summed E-state index contributed by atoms with van der Waals surface area (Å²) in [6.07, 6.45) is 1.20. The highest BCUT2D eigenvalue weighted by atomic mass is 32.2. The van der Waals surface area contributed by atoms with Crippen LogP contribution in [-0.2, 0) is 26.0 Å². The minimum atomic E-state index is -3.56. The summed E-state index contributed by atoms with van der Waals surface area (Å²) in [7, 11) is -0.476. The number of sulfonamides is 1. The molecule has 34 heavy (non-hydrogen) atoms. The van der Waals surface area contributed by atoms with Gasteiger partial charge in [0.25, 0.3) is 0 Å². The first-order chi connectivity index (χ1) is 16.2. The molecule has 1 aliphatic rings. The average Bonchev–Trinajstić information content (AvgIpc) is 2.84. The van der Waals surface area contributed by atoms with Crippen molar-refractivity contribution in [2.75, 3.05) is 27.3 Å². The molecule has 2 amide bonds. The number of hydrogen-bond acceptors (Lipinski definition) is 6. The maximum absolute atomic E-state index is 13.1. The van der Waals surface area contributed by atoms with Crippen molar-refractivity contribution in [2.24, 2.45) is 0 Å². The second kappa shape index (κ2) is 11.3. The lowest BCUT2D eigenvalue weighted by Gasteiger charge is -2.32. The molecule has 1 aliphatic heterocycles. The second-order valence-corrected chi connectivity index (χ2v) is 10.1. The number of carbonyl (C=O) groups is 2. The Morgan fingerprint density at radius 3 is 2.32 bits per heavy atom. The molecule has 0 aliphatic carbocycles. The van der Waals surface area contributed by atoms with E-state index in [4.69, 9.17) is 9.47 Å². The van der Waals surface area contributed by atoms with Crippen LogP contribution in [0.3, 0.4) is 0 Å². The fraction of sp³-hybridized carbons (Fsp3) is 0.417. The molecule has 1 fully saturated rings. The van der Waals surface area contributed by atoms with Crippen LogP contribution in [0.1, 0.15) is 25.3 Å². The highest BCUT2D eigenvalue weighted by Gasteiger charge is 2.31. The van der Waals surface area contributed by atoms with Crippen LogP contribution in [-0.4, -0.2) is 63.9 Å². The van der Waals surface area contributed by atoms with E-state index >= 15 is 0 Å². The minimum Gasteiger partial charge on any atom is -0.497 e. The van der Waals surface area contributed by atoms with Crippen LogP contribution in [0, 0.1) is 0 Å². The molecular weight excluding hydrogens is 458 g/mol. The number of hydrogen-bond donors (Lipinski definition) is 2. The van der Waals surface area contributed by atoms with E-state index in [0.717, 1.165) is 5.56 Å². The predicted octanol–water partition coefficient (Wildman–Crippen LogP) is 1.72. The van der Waals surface area contributed by atoms with Crippen LogP contribution in [0.25, 0.3) is 0 Å². The predicted molar refractivity (Wildman–Crippen MR) is 127 cm³/mol. The topological polar surface area (TPSA) is 114 Å². The molecule has 0 bridgehead atoms. The Morgan fingerprint density at radius 2 is 1.74 bits per heavy atom. The van der Waals surface area contributed by atoms with Crippen LogP contribution >= 0.6 is 0 Å². The zero-order valence-electron chi connectivity index (χ0n) is 19.6. The van der Waals surface area contributed by atoms with Crippen molar-refractivity contribution in [3.8, 4) is 11.5 Å². The van der Waals surface area contributed by atoms with Gasteiger partial charge in [0.05, 0.1) is 19.1 Å². The fourth-order valence-electron chi connectivity index (χ4n) is 3.98. The van der Waals surface area contributed by atoms with Gasteiger partial charge in [0.15, 0.2) is 0 Å². The summed E-state index contributed by atoms with van der Waals surface area (Å²) >= 11 is 0. The maximum atomic E-state index is 13.1. The number of nitrogens with one attached hydrogen (secondary N) is 2. The lowest BCUT2D eigenvalue weighted by atomic mass is 10.0. The van der Waals surface area contributed by atoms with Crippen molar-refractivity contribution < 1.29 is 27.5 Å². The van der Waals surface area contributed by atoms with E-state index < -0.39 is 16.1 Å². The van der Waals surface area contributed by atoms with Gasteiger partial charge in [0.1, 0.15) is 17.5 Å². The zero-order valence-corrected chi connectivity index (χ0v) is 20.4. The molecule has 9 nitrogen and oxygen atoms in total. The summed E-state index contributed by atoms with van der Waals surface area (Å²) in [6, 6.07) is 12.6. The molecule has 0 aromatic heterocycles. The first kappa shape index (κ1) is 25.5. The summed E-state index contributed by atoms with van der Waals surface area (Å²) < 4.78 is 37.7. The molecule has 3 rings (SSSR count). The monoisotopic (exact) mass is 489 g/mol. The van der Waals surface area contributed by atoms with E-state index in [0.29, 0.717) is 37.4 Å². The van der Waals surface area contributed by atoms with E-state index in [9.17, 15) is 18.0 Å². The number of benzene rings is 2. The van der Waals surface area contributed by atoms with Crippen LogP contribution in [0.15, 0.2) is 53.4 Å². The third-order valence-electron chi connectivity index (χ3n) is 5.79. The molecule has 10 heteroatoms. The van der Waals surface area contributed by atoms with Gasteiger partial charge in [-0.25, -0.2) is 8.42 Å². The Labute approximate surface area is 200 Å². The van der Waals surface area contributed by atoms with Crippen LogP contribution in [0.4, 0.5) is 0 Å². The van der Waals surface area contributed by atoms with Crippen LogP contribution < -0.4 is 20.1 Å². The highest BCUT2D eigenvalue weighted by molar-refractivity contribution is 7.89. The third-order valence-corrected chi connectivity index (χ3v) is 7.71. The molecule has 2 N–H and O–H groups in total. The van der Waals surface area contributed by atoms with Gasteiger partial charge in [0.2, 0.25) is 21.8 Å². The lowest BCUT2D eigenvalue weighted by Crippen LogP contribution is -2.53. The minimum absolute atomic E-state index is 0.191. The van der Waals surface area contributed by atoms with Crippen LogP contribution in [0.2, 0.25) is 0 Å². The molecule has 0 unspecified atom stereocenters. The summed E-state index contributed by atoms with van der Waals surface area (Å²) in [5.74, 6) is 0.536. The van der Waals surface area contributed by atoms with E-state index in [1.165, 1.54) is 18.3 Å². The normalized spacial score (nSPS) is 15.9. The molecule has 1 saturated heterocycles. The van der Waals surface area contributed by atoms with Crippen molar-refractivity contribution in [3.05, 3.63) is 54.1 Å². The zero-order chi connectivity index (χ0) is 24.7. The van der Waals surface area contributed by atoms with E-state index in [-0.39, 0.29) is 29.2 Å². The number of rotatable bonds is 9. The van der Waals surface area contributed by atoms with Gasteiger partial charge in [-0.05, 0) is 36.6 Å². The second-order valence-electron chi connectivity index (χ2n) is 8.14. The Morgan fingerprint density at radius 1 is 1.06 bits per heavy atom. The van der Waals surface area contributed by atoms with Gasteiger partial charge < -0.3 is 20.1 Å². The quantitative estimate of drug-likeness (QED) is 0.555. The fourth-order valence-corrected chi connectivity index (χ4v) is 5.47. The number of amides is 2. The number of carbonyl (C=O) groups excluding carboxylic acids is 2. The molecule has 184 valence electrons. The average molecular weight is 490 g/mol. The summed E-state index contributed by atoms with van der Waals surface area (Å²) in [5, 5.41) is 5.68. The SMILES string of the molecule is COc1ccc(C[C@H](NC(C)=O)C(=O)NC2CCN(S(=O)(=O)c3ccccc3)CC2)c(OC)c1. The largest absolute Gasteiger partial charge is 0.497 e. The molecule has 2 aromatic carbocycles. The van der Waals surface area contributed by atoms with Gasteiger partial charge in [-0.15, -0.1) is 0 Å². The standard InChI is InChI=1S/C24H31N3O6S/c1-17(28)25-22(15-18-9-10-20(32-2)16-23(18)33-3)24(29)26-19-11-13-27(14-12-19)34(30,31)21-7-5-4-6-8-21/h4-10,16,19,22H,11-15H2,1-3H3,(H,25,28)(H,26,29)/t22-/m0/s1. The Hall–Kier alpha value is -3.11. The number of methoxy groups -OCH3 is 2. The lowest BCUT2D eigenvalue weighted by molar-refractivity contribution is -0.128. The molecule has 2 aromatic rings. The Balaban J connectivity index is 1.64. The maximum Gasteiger partial charge on any atom is 0.243 e. The van der Waals surface area contributed by atoms with Crippen molar-refractivity contribution in [2.45, 2.75) is 43.2 Å². The summed E-state index contributed by atoms with van der Waals surface area (Å²) in [5.41, 5.74) is 0.751. The van der Waals surface area contributed by atoms with E-state index in [1.54, 1.807) is 55.6 Å². The van der Waals surface area contributed by atoms with Crippen molar-refractivity contribution in [1.82, 2.24) is 14.9 Å². The van der Waals surface area contributed by atoms with Gasteiger partial charge in [0, 0.05) is 38.5 Å². The number of ether oxygens (including phenoxy) is 2. The first-order valence-electron chi connectivity index (χ1n) is 11.1. The molecule has 0 spiro atoms. The summed E-state index contributed by atoms with van der Waals surface area (Å²) in [6.45, 7) is 1.97. The van der Waals surface area contributed by atoms with Crippen molar-refractivity contribution in [3.63, 3.8) is 0 Å². The molecule has 1 atom stereocenters. The molecular formula is C24H31N3O6S. The molecule has 0 saturated carbocycles. The Kier molecular flexibility index (Phi) is 8.51. The number of nitrogens with zero attached hydrogens (tertiary/aromatic N) is 1. The first-order valence-corrected chi connectivity index (χ1v) is 12.5. The number of piperidine rings is 1. The van der Waals surface area contributed by atoms with Gasteiger partial charge in [-0.1, -0.05) is 24.3 Å². The van der Waals surface area contributed by atoms with Gasteiger partial charge in [-0.3, -0.25) is 9.59 Å². The van der Waals surface area contributed by atoms with Crippen molar-refractivity contribution >= 4 is 21.8 Å². The third kappa shape index (κ3) is 6.27. The Bertz CT molecular complexity index is 1100.